The molecule has 4 nitrogen and oxygen atoms in total. The topological polar surface area (TPSA) is 55.8 Å². The van der Waals surface area contributed by atoms with Crippen LogP contribution in [-0.4, -0.2) is 10.1 Å². The van der Waals surface area contributed by atoms with E-state index in [9.17, 15) is 10.5 Å². The van der Waals surface area contributed by atoms with Crippen LogP contribution in [-0.2, 0) is 6.42 Å². The molecule has 1 aliphatic heterocycles. The molecule has 212 valence electrons. The molecule has 0 fully saturated rings. The number of nitrogens with zero attached hydrogens (tertiary/aromatic N) is 4. The highest BCUT2D eigenvalue weighted by molar-refractivity contribution is 5.93. The van der Waals surface area contributed by atoms with Crippen LogP contribution in [0.5, 0.6) is 0 Å². The van der Waals surface area contributed by atoms with Crippen LogP contribution in [0.15, 0.2) is 114 Å². The van der Waals surface area contributed by atoms with Crippen molar-refractivity contribution >= 4 is 22.7 Å². The molecular formula is C40H32N4. The number of rotatable bonds is 3. The Morgan fingerprint density at radius 2 is 1.61 bits per heavy atom. The zero-order valence-electron chi connectivity index (χ0n) is 25.0. The molecule has 3 unspecified atom stereocenters. The molecule has 3 aromatic carbocycles. The zero-order chi connectivity index (χ0) is 30.0. The van der Waals surface area contributed by atoms with Gasteiger partial charge in [-0.2, -0.15) is 10.5 Å². The van der Waals surface area contributed by atoms with Gasteiger partial charge in [-0.1, -0.05) is 73.7 Å². The van der Waals surface area contributed by atoms with E-state index >= 15 is 0 Å². The van der Waals surface area contributed by atoms with Crippen LogP contribution in [0.25, 0.3) is 33.8 Å². The first kappa shape index (κ1) is 26.3. The third kappa shape index (κ3) is 3.88. The summed E-state index contributed by atoms with van der Waals surface area (Å²) in [4.78, 5) is 2.47. The zero-order valence-corrected chi connectivity index (χ0v) is 25.0. The summed E-state index contributed by atoms with van der Waals surface area (Å²) in [5.41, 5.74) is 11.2. The highest BCUT2D eigenvalue weighted by atomic mass is 15.2. The predicted octanol–water partition coefficient (Wildman–Crippen LogP) is 9.17. The van der Waals surface area contributed by atoms with Gasteiger partial charge >= 0.3 is 0 Å². The molecule has 0 bridgehead atoms. The van der Waals surface area contributed by atoms with E-state index in [1.54, 1.807) is 0 Å². The molecule has 0 N–H and O–H groups in total. The Labute approximate surface area is 258 Å². The van der Waals surface area contributed by atoms with Gasteiger partial charge in [0.25, 0.3) is 0 Å². The van der Waals surface area contributed by atoms with Gasteiger partial charge in [0.1, 0.15) is 0 Å². The number of hydrogen-bond acceptors (Lipinski definition) is 3. The van der Waals surface area contributed by atoms with Gasteiger partial charge in [-0.15, -0.1) is 0 Å². The maximum atomic E-state index is 10.2. The van der Waals surface area contributed by atoms with Gasteiger partial charge in [-0.25, -0.2) is 0 Å². The van der Waals surface area contributed by atoms with E-state index in [0.29, 0.717) is 17.0 Å². The molecule has 4 heteroatoms. The summed E-state index contributed by atoms with van der Waals surface area (Å²) in [7, 11) is 0. The summed E-state index contributed by atoms with van der Waals surface area (Å²) < 4.78 is 2.33. The monoisotopic (exact) mass is 568 g/mol. The van der Waals surface area contributed by atoms with Crippen LogP contribution >= 0.6 is 0 Å². The van der Waals surface area contributed by atoms with Crippen molar-refractivity contribution in [2.24, 2.45) is 11.8 Å². The Morgan fingerprint density at radius 3 is 2.41 bits per heavy atom. The Hall–Kier alpha value is -5.32. The molecule has 4 aliphatic rings. The minimum Gasteiger partial charge on any atom is -0.334 e. The van der Waals surface area contributed by atoms with Gasteiger partial charge in [0, 0.05) is 39.6 Å². The number of allylic oxidation sites excluding steroid dienone is 6. The first-order valence-electron chi connectivity index (χ1n) is 15.5. The van der Waals surface area contributed by atoms with Crippen LogP contribution in [0.3, 0.4) is 0 Å². The van der Waals surface area contributed by atoms with Crippen molar-refractivity contribution in [1.29, 1.82) is 10.5 Å². The second kappa shape index (κ2) is 9.87. The van der Waals surface area contributed by atoms with Gasteiger partial charge in [0.2, 0.25) is 0 Å². The molecule has 0 saturated heterocycles. The maximum absolute atomic E-state index is 10.2. The Balaban J connectivity index is 1.32. The molecular weight excluding hydrogens is 536 g/mol. The molecule has 44 heavy (non-hydrogen) atoms. The molecule has 0 saturated carbocycles. The normalized spacial score (nSPS) is 23.0. The molecule has 0 amide bonds. The van der Waals surface area contributed by atoms with Crippen LogP contribution in [0.1, 0.15) is 49.1 Å². The van der Waals surface area contributed by atoms with E-state index in [-0.39, 0.29) is 11.5 Å². The maximum Gasteiger partial charge on any atom is 0.0992 e. The number of anilines is 1. The second-order valence-corrected chi connectivity index (χ2v) is 12.6. The summed E-state index contributed by atoms with van der Waals surface area (Å²) in [6.07, 6.45) is 20.9. The summed E-state index contributed by atoms with van der Waals surface area (Å²) in [5, 5.41) is 21.6. The quantitative estimate of drug-likeness (QED) is 0.248. The van der Waals surface area contributed by atoms with E-state index in [2.05, 4.69) is 120 Å². The smallest absolute Gasteiger partial charge is 0.0992 e. The SMILES string of the molecule is CC1C=CC2=C(C1)N(c1cc(C#N)cc(-c3cc(C#N)cc(-n4c5c(c6ccccc64)C=CCC5)c3)c1)C1(C)C=CC=CC21. The lowest BCUT2D eigenvalue weighted by molar-refractivity contribution is 0.494. The summed E-state index contributed by atoms with van der Waals surface area (Å²) >= 11 is 0. The number of para-hydroxylation sites is 1. The van der Waals surface area contributed by atoms with Crippen molar-refractivity contribution in [2.45, 2.75) is 38.6 Å². The molecule has 2 heterocycles. The van der Waals surface area contributed by atoms with Crippen molar-refractivity contribution in [1.82, 2.24) is 4.57 Å². The van der Waals surface area contributed by atoms with Crippen LogP contribution < -0.4 is 4.90 Å². The average molecular weight is 569 g/mol. The summed E-state index contributed by atoms with van der Waals surface area (Å²) in [5.74, 6) is 0.690. The number of aromatic nitrogens is 1. The lowest BCUT2D eigenvalue weighted by Gasteiger charge is -2.41. The molecule has 4 aromatic rings. The van der Waals surface area contributed by atoms with Gasteiger partial charge in [0.05, 0.1) is 34.3 Å². The fourth-order valence-electron chi connectivity index (χ4n) is 7.85. The van der Waals surface area contributed by atoms with Crippen molar-refractivity contribution in [3.05, 3.63) is 137 Å². The lowest BCUT2D eigenvalue weighted by Crippen LogP contribution is -2.45. The molecule has 3 aliphatic carbocycles. The van der Waals surface area contributed by atoms with E-state index in [1.165, 1.54) is 27.9 Å². The van der Waals surface area contributed by atoms with Crippen molar-refractivity contribution < 1.29 is 0 Å². The predicted molar refractivity (Wildman–Crippen MR) is 178 cm³/mol. The molecule has 0 radical (unpaired) electrons. The Kier molecular flexibility index (Phi) is 5.90. The fourth-order valence-corrected chi connectivity index (χ4v) is 7.85. The highest BCUT2D eigenvalue weighted by Crippen LogP contribution is 2.52. The van der Waals surface area contributed by atoms with Crippen LogP contribution in [0, 0.1) is 34.5 Å². The molecule has 0 spiro atoms. The third-order valence-corrected chi connectivity index (χ3v) is 9.81. The van der Waals surface area contributed by atoms with Crippen LogP contribution in [0.2, 0.25) is 0 Å². The summed E-state index contributed by atoms with van der Waals surface area (Å²) in [6, 6.07) is 25.7. The standard InChI is InChI=1S/C40H32N4/c1-26-14-15-35-36-11-7-8-16-40(36,2)44(39(35)17-26)32-21-28(25-42)19-30(23-32)29-18-27(24-41)20-31(22-29)43-37-12-5-3-9-33(37)34-10-4-6-13-38(34)43/h3-5,7-12,14-16,18-23,26,36H,6,13,17H2,1-2H3. The highest BCUT2D eigenvalue weighted by Gasteiger charge is 2.48. The van der Waals surface area contributed by atoms with E-state index in [4.69, 9.17) is 0 Å². The minimum atomic E-state index is -0.268. The van der Waals surface area contributed by atoms with Gasteiger partial charge in [-0.3, -0.25) is 0 Å². The van der Waals surface area contributed by atoms with E-state index in [1.807, 2.05) is 24.3 Å². The van der Waals surface area contributed by atoms with Crippen molar-refractivity contribution in [2.75, 3.05) is 4.90 Å². The average Bonchev–Trinajstić information content (AvgIpc) is 3.53. The number of fused-ring (bicyclic) bond motifs is 5. The molecule has 1 aromatic heterocycles. The largest absolute Gasteiger partial charge is 0.334 e. The van der Waals surface area contributed by atoms with Crippen LogP contribution in [0.4, 0.5) is 5.69 Å². The number of benzene rings is 3. The second-order valence-electron chi connectivity index (χ2n) is 12.6. The Morgan fingerprint density at radius 1 is 0.864 bits per heavy atom. The lowest BCUT2D eigenvalue weighted by atomic mass is 9.78. The minimum absolute atomic E-state index is 0.246. The fraction of sp³-hybridized carbons (Fsp3) is 0.200. The van der Waals surface area contributed by atoms with Crippen molar-refractivity contribution in [3.63, 3.8) is 0 Å². The van der Waals surface area contributed by atoms with Gasteiger partial charge in [0.15, 0.2) is 0 Å². The first-order valence-corrected chi connectivity index (χ1v) is 15.5. The van der Waals surface area contributed by atoms with Gasteiger partial charge < -0.3 is 9.47 Å². The third-order valence-electron chi connectivity index (χ3n) is 9.81. The molecule has 3 atom stereocenters. The number of nitriles is 2. The summed E-state index contributed by atoms with van der Waals surface area (Å²) in [6.45, 7) is 4.57. The van der Waals surface area contributed by atoms with E-state index in [0.717, 1.165) is 47.3 Å². The van der Waals surface area contributed by atoms with Crippen molar-refractivity contribution in [3.8, 4) is 29.0 Å². The Bertz CT molecular complexity index is 2120. The van der Waals surface area contributed by atoms with Gasteiger partial charge in [-0.05, 0) is 91.3 Å². The molecule has 8 rings (SSSR count). The first-order chi connectivity index (χ1) is 21.5. The van der Waals surface area contributed by atoms with E-state index < -0.39 is 0 Å². The number of hydrogen-bond donors (Lipinski definition) is 0.